The lowest BCUT2D eigenvalue weighted by molar-refractivity contribution is 0.0950. The maximum atomic E-state index is 12.0. The lowest BCUT2D eigenvalue weighted by Crippen LogP contribution is -2.33. The highest BCUT2D eigenvalue weighted by Gasteiger charge is 2.13. The molecule has 2 N–H and O–H groups in total. The van der Waals surface area contributed by atoms with Crippen LogP contribution in [0.5, 0.6) is 0 Å². The molecular weight excluding hydrogens is 398 g/mol. The summed E-state index contributed by atoms with van der Waals surface area (Å²) in [4.78, 5) is 16.7. The first-order chi connectivity index (χ1) is 14.7. The fourth-order valence-corrected chi connectivity index (χ4v) is 3.46. The van der Waals surface area contributed by atoms with Gasteiger partial charge in [-0.1, -0.05) is 36.4 Å². The number of furan rings is 1. The molecule has 5 aromatic rings. The lowest BCUT2D eigenvalue weighted by Gasteiger charge is -2.09. The van der Waals surface area contributed by atoms with E-state index in [9.17, 15) is 4.79 Å². The average molecular weight is 413 g/mol. The van der Waals surface area contributed by atoms with Crippen molar-refractivity contribution < 1.29 is 13.6 Å². The van der Waals surface area contributed by atoms with Gasteiger partial charge in [0.1, 0.15) is 5.52 Å². The third-order valence-corrected chi connectivity index (χ3v) is 4.83. The molecule has 0 fully saturated rings. The maximum Gasteiger partial charge on any atom is 0.293 e. The Morgan fingerprint density at radius 2 is 1.87 bits per heavy atom. The molecule has 3 aromatic carbocycles. The molecule has 7 heteroatoms. The van der Waals surface area contributed by atoms with Crippen LogP contribution in [0.2, 0.25) is 0 Å². The van der Waals surface area contributed by atoms with Crippen LogP contribution in [0.1, 0.15) is 10.6 Å². The number of anilines is 1. The summed E-state index contributed by atoms with van der Waals surface area (Å²) < 4.78 is 11.0. The number of fused-ring (bicyclic) bond motifs is 3. The molecule has 2 heterocycles. The van der Waals surface area contributed by atoms with Crippen molar-refractivity contribution in [1.82, 2.24) is 10.3 Å². The largest absolute Gasteiger partial charge is 0.459 e. The second kappa shape index (κ2) is 7.46. The molecule has 0 atom stereocenters. The zero-order valence-corrected chi connectivity index (χ0v) is 16.4. The molecule has 0 saturated heterocycles. The summed E-state index contributed by atoms with van der Waals surface area (Å²) in [7, 11) is 0. The van der Waals surface area contributed by atoms with Gasteiger partial charge in [-0.2, -0.15) is 0 Å². The minimum absolute atomic E-state index is 0.164. The van der Waals surface area contributed by atoms with Crippen molar-refractivity contribution >= 4 is 50.8 Å². The predicted molar refractivity (Wildman–Crippen MR) is 119 cm³/mol. The van der Waals surface area contributed by atoms with Crippen LogP contribution >= 0.6 is 12.2 Å². The number of carbonyl (C=O) groups is 1. The predicted octanol–water partition coefficient (Wildman–Crippen LogP) is 5.37. The van der Waals surface area contributed by atoms with Gasteiger partial charge >= 0.3 is 0 Å². The Bertz CT molecular complexity index is 1390. The number of amides is 1. The fourth-order valence-electron chi connectivity index (χ4n) is 3.25. The van der Waals surface area contributed by atoms with Crippen molar-refractivity contribution in [2.45, 2.75) is 0 Å². The number of hydrogen-bond donors (Lipinski definition) is 2. The fraction of sp³-hybridized carbons (Fsp3) is 0. The molecule has 30 heavy (non-hydrogen) atoms. The first-order valence-corrected chi connectivity index (χ1v) is 9.63. The van der Waals surface area contributed by atoms with Crippen LogP contribution in [0.3, 0.4) is 0 Å². The molecule has 5 rings (SSSR count). The monoisotopic (exact) mass is 413 g/mol. The van der Waals surface area contributed by atoms with Crippen molar-refractivity contribution in [2.75, 3.05) is 5.32 Å². The Hall–Kier alpha value is -3.97. The Kier molecular flexibility index (Phi) is 4.49. The normalized spacial score (nSPS) is 10.9. The lowest BCUT2D eigenvalue weighted by atomic mass is 10.1. The molecule has 0 aliphatic heterocycles. The highest BCUT2D eigenvalue weighted by molar-refractivity contribution is 7.80. The average Bonchev–Trinajstić information content (AvgIpc) is 3.44. The molecule has 2 aromatic heterocycles. The molecule has 0 aliphatic rings. The minimum Gasteiger partial charge on any atom is -0.459 e. The zero-order valence-electron chi connectivity index (χ0n) is 15.6. The van der Waals surface area contributed by atoms with Gasteiger partial charge in [0.2, 0.25) is 5.89 Å². The van der Waals surface area contributed by atoms with E-state index < -0.39 is 5.91 Å². The van der Waals surface area contributed by atoms with E-state index in [1.807, 2.05) is 60.7 Å². The third kappa shape index (κ3) is 3.42. The van der Waals surface area contributed by atoms with Gasteiger partial charge in [-0.15, -0.1) is 0 Å². The van der Waals surface area contributed by atoms with Crippen LogP contribution in [0, 0.1) is 0 Å². The maximum absolute atomic E-state index is 12.0. The standard InChI is InChI=1S/C23H15N3O3S/c27-21(19-9-4-12-28-19)26-23(30)24-16-7-3-6-15(13-16)22-25-20-17-8-2-1-5-14(17)10-11-18(20)29-22/h1-13H,(H2,24,26,27,30). The van der Waals surface area contributed by atoms with Gasteiger partial charge in [0.25, 0.3) is 5.91 Å². The van der Waals surface area contributed by atoms with E-state index in [0.717, 1.165) is 27.4 Å². The Balaban J connectivity index is 1.40. The van der Waals surface area contributed by atoms with Gasteiger partial charge in [0.05, 0.1) is 6.26 Å². The van der Waals surface area contributed by atoms with Crippen LogP contribution in [-0.2, 0) is 0 Å². The van der Waals surface area contributed by atoms with Crippen molar-refractivity contribution in [1.29, 1.82) is 0 Å². The summed E-state index contributed by atoms with van der Waals surface area (Å²) >= 11 is 5.23. The SMILES string of the molecule is O=C(NC(=S)Nc1cccc(-c2nc3c(ccc4ccccc43)o2)c1)c1ccco1. The molecule has 0 radical (unpaired) electrons. The summed E-state index contributed by atoms with van der Waals surface area (Å²) in [5.41, 5.74) is 3.04. The number of nitrogens with one attached hydrogen (secondary N) is 2. The Morgan fingerprint density at radius 3 is 2.73 bits per heavy atom. The highest BCUT2D eigenvalue weighted by Crippen LogP contribution is 2.30. The number of aromatic nitrogens is 1. The smallest absolute Gasteiger partial charge is 0.293 e. The van der Waals surface area contributed by atoms with E-state index in [-0.39, 0.29) is 10.9 Å². The number of nitrogens with zero attached hydrogens (tertiary/aromatic N) is 1. The number of thiocarbonyl (C=S) groups is 1. The first-order valence-electron chi connectivity index (χ1n) is 9.22. The molecule has 6 nitrogen and oxygen atoms in total. The number of oxazole rings is 1. The Morgan fingerprint density at radius 1 is 0.967 bits per heavy atom. The number of hydrogen-bond acceptors (Lipinski definition) is 5. The molecule has 0 unspecified atom stereocenters. The van der Waals surface area contributed by atoms with Gasteiger partial charge in [0, 0.05) is 16.6 Å². The van der Waals surface area contributed by atoms with Crippen molar-refractivity contribution in [3.63, 3.8) is 0 Å². The molecule has 1 amide bonds. The summed E-state index contributed by atoms with van der Waals surface area (Å²) in [6.45, 7) is 0. The number of rotatable bonds is 3. The first kappa shape index (κ1) is 18.1. The second-order valence-electron chi connectivity index (χ2n) is 6.62. The van der Waals surface area contributed by atoms with Gasteiger partial charge in [-0.3, -0.25) is 10.1 Å². The van der Waals surface area contributed by atoms with Gasteiger partial charge in [0.15, 0.2) is 16.5 Å². The molecular formula is C23H15N3O3S. The highest BCUT2D eigenvalue weighted by atomic mass is 32.1. The summed E-state index contributed by atoms with van der Waals surface area (Å²) in [6, 6.07) is 22.7. The third-order valence-electron chi connectivity index (χ3n) is 4.62. The zero-order chi connectivity index (χ0) is 20.5. The van der Waals surface area contributed by atoms with Gasteiger partial charge < -0.3 is 14.2 Å². The van der Waals surface area contributed by atoms with E-state index in [0.29, 0.717) is 11.6 Å². The molecule has 0 spiro atoms. The Labute approximate surface area is 176 Å². The van der Waals surface area contributed by atoms with Crippen LogP contribution in [0.4, 0.5) is 5.69 Å². The van der Waals surface area contributed by atoms with E-state index in [1.54, 1.807) is 12.1 Å². The quantitative estimate of drug-likeness (QED) is 0.387. The van der Waals surface area contributed by atoms with Crippen molar-refractivity contribution in [3.8, 4) is 11.5 Å². The molecule has 146 valence electrons. The number of benzene rings is 3. The van der Waals surface area contributed by atoms with E-state index in [1.165, 1.54) is 6.26 Å². The van der Waals surface area contributed by atoms with E-state index in [2.05, 4.69) is 10.6 Å². The van der Waals surface area contributed by atoms with E-state index >= 15 is 0 Å². The summed E-state index contributed by atoms with van der Waals surface area (Å²) in [5, 5.41) is 7.89. The minimum atomic E-state index is -0.417. The van der Waals surface area contributed by atoms with Crippen LogP contribution in [0.15, 0.2) is 87.9 Å². The van der Waals surface area contributed by atoms with E-state index in [4.69, 9.17) is 26.0 Å². The molecule has 0 bridgehead atoms. The van der Waals surface area contributed by atoms with Crippen LogP contribution in [-0.4, -0.2) is 16.0 Å². The summed E-state index contributed by atoms with van der Waals surface area (Å²) in [5.74, 6) is 0.279. The number of carbonyl (C=O) groups excluding carboxylic acids is 1. The summed E-state index contributed by atoms with van der Waals surface area (Å²) in [6.07, 6.45) is 1.43. The molecule has 0 saturated carbocycles. The topological polar surface area (TPSA) is 80.3 Å². The van der Waals surface area contributed by atoms with Crippen molar-refractivity contribution in [3.05, 3.63) is 84.8 Å². The van der Waals surface area contributed by atoms with Crippen LogP contribution < -0.4 is 10.6 Å². The van der Waals surface area contributed by atoms with Gasteiger partial charge in [-0.25, -0.2) is 4.98 Å². The van der Waals surface area contributed by atoms with Crippen LogP contribution in [0.25, 0.3) is 33.3 Å². The second-order valence-corrected chi connectivity index (χ2v) is 7.03. The van der Waals surface area contributed by atoms with Crippen molar-refractivity contribution in [2.24, 2.45) is 0 Å². The van der Waals surface area contributed by atoms with Gasteiger partial charge in [-0.05, 0) is 54.0 Å². The molecule has 0 aliphatic carbocycles.